The lowest BCUT2D eigenvalue weighted by atomic mass is 10.1. The van der Waals surface area contributed by atoms with Crippen LogP contribution in [0, 0.1) is 22.0 Å². The van der Waals surface area contributed by atoms with Crippen LogP contribution in [0.5, 0.6) is 0 Å². The van der Waals surface area contributed by atoms with Crippen LogP contribution in [0.2, 0.25) is 0 Å². The Labute approximate surface area is 126 Å². The first kappa shape index (κ1) is 15.1. The van der Waals surface area contributed by atoms with Gasteiger partial charge in [-0.2, -0.15) is 0 Å². The molecule has 1 unspecified atom stereocenters. The number of carbonyl (C=O) groups excluding carboxylic acids is 1. The highest BCUT2D eigenvalue weighted by Crippen LogP contribution is 2.41. The standard InChI is InChI=1S/C15H13NO4S/c1-10-13(17)15(2,21-14(10)18)9-3-4-11-5-7-12(8-6-11)16(19)20/h5-8,17H,4H2,1-2H3. The number of non-ortho nitro benzene ring substituents is 1. The largest absolute Gasteiger partial charge is 0.509 e. The van der Waals surface area contributed by atoms with Crippen molar-refractivity contribution in [1.82, 2.24) is 0 Å². The van der Waals surface area contributed by atoms with Crippen LogP contribution in [0.15, 0.2) is 35.6 Å². The summed E-state index contributed by atoms with van der Waals surface area (Å²) >= 11 is 1.000. The van der Waals surface area contributed by atoms with Crippen molar-refractivity contribution in [3.05, 3.63) is 51.3 Å². The van der Waals surface area contributed by atoms with Crippen LogP contribution < -0.4 is 0 Å². The zero-order valence-corrected chi connectivity index (χ0v) is 12.4. The minimum atomic E-state index is -0.901. The highest BCUT2D eigenvalue weighted by Gasteiger charge is 2.40. The highest BCUT2D eigenvalue weighted by molar-refractivity contribution is 8.16. The van der Waals surface area contributed by atoms with E-state index in [9.17, 15) is 20.0 Å². The summed E-state index contributed by atoms with van der Waals surface area (Å²) in [5.74, 6) is 5.83. The van der Waals surface area contributed by atoms with E-state index in [2.05, 4.69) is 11.8 Å². The van der Waals surface area contributed by atoms with E-state index in [1.54, 1.807) is 26.0 Å². The zero-order valence-electron chi connectivity index (χ0n) is 11.5. The maximum atomic E-state index is 11.5. The molecule has 2 rings (SSSR count). The zero-order chi connectivity index (χ0) is 15.6. The van der Waals surface area contributed by atoms with Crippen molar-refractivity contribution in [2.45, 2.75) is 25.0 Å². The summed E-state index contributed by atoms with van der Waals surface area (Å²) in [6.45, 7) is 3.28. The van der Waals surface area contributed by atoms with Gasteiger partial charge in [0.15, 0.2) is 0 Å². The van der Waals surface area contributed by atoms with Crippen molar-refractivity contribution in [1.29, 1.82) is 0 Å². The first-order chi connectivity index (χ1) is 9.83. The van der Waals surface area contributed by atoms with Crippen molar-refractivity contribution < 1.29 is 14.8 Å². The fraction of sp³-hybridized carbons (Fsp3) is 0.267. The molecule has 0 radical (unpaired) electrons. The minimum Gasteiger partial charge on any atom is -0.509 e. The number of carbonyl (C=O) groups is 1. The molecule has 1 aliphatic heterocycles. The number of hydrogen-bond donors (Lipinski definition) is 1. The molecule has 1 heterocycles. The topological polar surface area (TPSA) is 80.4 Å². The van der Waals surface area contributed by atoms with Crippen LogP contribution in [0.4, 0.5) is 5.69 Å². The Morgan fingerprint density at radius 1 is 1.38 bits per heavy atom. The number of benzene rings is 1. The van der Waals surface area contributed by atoms with E-state index in [4.69, 9.17) is 0 Å². The van der Waals surface area contributed by atoms with Gasteiger partial charge in [0, 0.05) is 24.1 Å². The average Bonchev–Trinajstić information content (AvgIpc) is 2.63. The molecule has 0 saturated heterocycles. The molecule has 1 atom stereocenters. The van der Waals surface area contributed by atoms with E-state index in [1.807, 2.05) is 0 Å². The third-order valence-electron chi connectivity index (χ3n) is 3.18. The van der Waals surface area contributed by atoms with E-state index < -0.39 is 9.67 Å². The first-order valence-electron chi connectivity index (χ1n) is 6.20. The molecule has 0 aliphatic carbocycles. The Hall–Kier alpha value is -2.26. The lowest BCUT2D eigenvalue weighted by molar-refractivity contribution is -0.384. The molecule has 21 heavy (non-hydrogen) atoms. The SMILES string of the molecule is CC1=C(O)C(C)(C#CCc2ccc([N+](=O)[O-])cc2)SC1=O. The van der Waals surface area contributed by atoms with E-state index in [0.29, 0.717) is 12.0 Å². The van der Waals surface area contributed by atoms with Gasteiger partial charge in [0.1, 0.15) is 10.5 Å². The summed E-state index contributed by atoms with van der Waals surface area (Å²) in [5, 5.41) is 20.3. The second-order valence-corrected chi connectivity index (χ2v) is 6.19. The summed E-state index contributed by atoms with van der Waals surface area (Å²) in [7, 11) is 0. The number of thioether (sulfide) groups is 1. The monoisotopic (exact) mass is 303 g/mol. The third kappa shape index (κ3) is 3.09. The fourth-order valence-electron chi connectivity index (χ4n) is 1.90. The molecule has 1 N–H and O–H groups in total. The van der Waals surface area contributed by atoms with E-state index >= 15 is 0 Å². The molecular formula is C15H13NO4S. The molecule has 1 aromatic rings. The number of hydrogen-bond acceptors (Lipinski definition) is 5. The predicted molar refractivity (Wildman–Crippen MR) is 80.9 cm³/mol. The van der Waals surface area contributed by atoms with Crippen molar-refractivity contribution in [2.24, 2.45) is 0 Å². The van der Waals surface area contributed by atoms with Gasteiger partial charge < -0.3 is 5.11 Å². The van der Waals surface area contributed by atoms with Gasteiger partial charge in [-0.05, 0) is 19.4 Å². The molecule has 0 saturated carbocycles. The van der Waals surface area contributed by atoms with Crippen LogP contribution in [-0.4, -0.2) is 19.9 Å². The second kappa shape index (κ2) is 5.62. The van der Waals surface area contributed by atoms with E-state index in [1.165, 1.54) is 12.1 Å². The van der Waals surface area contributed by atoms with E-state index in [-0.39, 0.29) is 16.6 Å². The fourth-order valence-corrected chi connectivity index (χ4v) is 2.89. The van der Waals surface area contributed by atoms with Gasteiger partial charge in [-0.1, -0.05) is 35.7 Å². The average molecular weight is 303 g/mol. The summed E-state index contributed by atoms with van der Waals surface area (Å²) < 4.78 is -0.901. The Balaban J connectivity index is 2.11. The summed E-state index contributed by atoms with van der Waals surface area (Å²) in [6, 6.07) is 6.13. The normalized spacial score (nSPS) is 21.1. The number of nitrogens with zero attached hydrogens (tertiary/aromatic N) is 1. The van der Waals surface area contributed by atoms with Crippen molar-refractivity contribution in [2.75, 3.05) is 0 Å². The second-order valence-electron chi connectivity index (χ2n) is 4.80. The third-order valence-corrected chi connectivity index (χ3v) is 4.37. The summed E-state index contributed by atoms with van der Waals surface area (Å²) in [4.78, 5) is 21.6. The van der Waals surface area contributed by atoms with Crippen LogP contribution in [0.1, 0.15) is 19.4 Å². The smallest absolute Gasteiger partial charge is 0.269 e. The molecule has 0 spiro atoms. The molecule has 0 aromatic heterocycles. The van der Waals surface area contributed by atoms with Gasteiger partial charge in [0.25, 0.3) is 5.69 Å². The van der Waals surface area contributed by atoms with Gasteiger partial charge in [-0.15, -0.1) is 0 Å². The first-order valence-corrected chi connectivity index (χ1v) is 7.02. The van der Waals surface area contributed by atoms with Crippen molar-refractivity contribution in [3.63, 3.8) is 0 Å². The van der Waals surface area contributed by atoms with Crippen LogP contribution in [-0.2, 0) is 11.2 Å². The van der Waals surface area contributed by atoms with Gasteiger partial charge in [-0.25, -0.2) is 0 Å². The molecule has 0 bridgehead atoms. The summed E-state index contributed by atoms with van der Waals surface area (Å²) in [6.07, 6.45) is 0.397. The maximum absolute atomic E-state index is 11.5. The molecule has 1 aliphatic rings. The van der Waals surface area contributed by atoms with Crippen LogP contribution in [0.3, 0.4) is 0 Å². The highest BCUT2D eigenvalue weighted by atomic mass is 32.2. The molecule has 5 nitrogen and oxygen atoms in total. The number of nitro benzene ring substituents is 1. The summed E-state index contributed by atoms with van der Waals surface area (Å²) in [5.41, 5.74) is 1.21. The molecule has 6 heteroatoms. The number of rotatable bonds is 2. The Morgan fingerprint density at radius 2 is 2.00 bits per heavy atom. The molecule has 1 aromatic carbocycles. The molecule has 0 amide bonds. The Kier molecular flexibility index (Phi) is 4.05. The molecular weight excluding hydrogens is 290 g/mol. The number of nitro groups is 1. The van der Waals surface area contributed by atoms with Gasteiger partial charge >= 0.3 is 0 Å². The number of aliphatic hydroxyl groups excluding tert-OH is 1. The van der Waals surface area contributed by atoms with E-state index in [0.717, 1.165) is 17.3 Å². The van der Waals surface area contributed by atoms with Gasteiger partial charge in [-0.3, -0.25) is 14.9 Å². The van der Waals surface area contributed by atoms with Crippen molar-refractivity contribution in [3.8, 4) is 11.8 Å². The minimum absolute atomic E-state index is 0.00806. The van der Waals surface area contributed by atoms with Gasteiger partial charge in [0.05, 0.1) is 4.92 Å². The molecule has 0 fully saturated rings. The quantitative estimate of drug-likeness (QED) is 0.516. The van der Waals surface area contributed by atoms with Crippen molar-refractivity contribution >= 4 is 22.6 Å². The predicted octanol–water partition coefficient (Wildman–Crippen LogP) is 3.00. The van der Waals surface area contributed by atoms with Gasteiger partial charge in [0.2, 0.25) is 5.12 Å². The Morgan fingerprint density at radius 3 is 2.48 bits per heavy atom. The van der Waals surface area contributed by atoms with Crippen LogP contribution in [0.25, 0.3) is 0 Å². The Bertz CT molecular complexity index is 697. The van der Waals surface area contributed by atoms with Crippen LogP contribution >= 0.6 is 11.8 Å². The lowest BCUT2D eigenvalue weighted by Gasteiger charge is -2.14. The number of aliphatic hydroxyl groups is 1. The lowest BCUT2D eigenvalue weighted by Crippen LogP contribution is -2.17. The molecule has 108 valence electrons. The maximum Gasteiger partial charge on any atom is 0.269 e.